The third kappa shape index (κ3) is 2.47. The number of aromatic nitrogens is 2. The van der Waals surface area contributed by atoms with Crippen molar-refractivity contribution in [3.05, 3.63) is 11.1 Å². The van der Waals surface area contributed by atoms with Crippen molar-refractivity contribution in [3.63, 3.8) is 0 Å². The first-order chi connectivity index (χ1) is 6.61. The highest BCUT2D eigenvalue weighted by Gasteiger charge is 2.25. The fraction of sp³-hybridized carbons (Fsp3) is 0.571. The predicted molar refractivity (Wildman–Crippen MR) is 50.0 cm³/mol. The van der Waals surface area contributed by atoms with Gasteiger partial charge in [0.15, 0.2) is 0 Å². The first-order valence-corrected chi connectivity index (χ1v) is 4.70. The molecule has 0 bridgehead atoms. The van der Waals surface area contributed by atoms with Gasteiger partial charge in [0.1, 0.15) is 4.88 Å². The molecular weight excluding hydrogens is 206 g/mol. The normalized spacial score (nSPS) is 11.4. The zero-order valence-corrected chi connectivity index (χ0v) is 8.41. The van der Waals surface area contributed by atoms with E-state index in [1.54, 1.807) is 6.92 Å². The van der Waals surface area contributed by atoms with E-state index in [0.29, 0.717) is 4.88 Å². The van der Waals surface area contributed by atoms with Crippen LogP contribution in [-0.2, 0) is 0 Å². The Hall–Kier alpha value is -1.05. The highest BCUT2D eigenvalue weighted by atomic mass is 32.1. The Morgan fingerprint density at radius 2 is 2.29 bits per heavy atom. The minimum atomic E-state index is -1.01. The Morgan fingerprint density at radius 3 is 2.71 bits per heavy atom. The lowest BCUT2D eigenvalue weighted by Gasteiger charge is -2.25. The Labute approximate surface area is 84.7 Å². The average molecular weight is 217 g/mol. The maximum absolute atomic E-state index is 11.4. The Morgan fingerprint density at radius 1 is 1.64 bits per heavy atom. The van der Waals surface area contributed by atoms with Crippen LogP contribution in [-0.4, -0.2) is 44.5 Å². The van der Waals surface area contributed by atoms with E-state index in [4.69, 9.17) is 10.2 Å². The number of aliphatic hydroxyl groups excluding tert-OH is 2. The van der Waals surface area contributed by atoms with E-state index in [0.717, 1.165) is 11.5 Å². The molecule has 1 amide bonds. The van der Waals surface area contributed by atoms with Crippen LogP contribution in [0.4, 0.5) is 0 Å². The van der Waals surface area contributed by atoms with E-state index in [-0.39, 0.29) is 13.2 Å². The summed E-state index contributed by atoms with van der Waals surface area (Å²) in [7, 11) is 0. The molecule has 0 radical (unpaired) electrons. The van der Waals surface area contributed by atoms with Crippen LogP contribution in [0.5, 0.6) is 0 Å². The largest absolute Gasteiger partial charge is 0.394 e. The van der Waals surface area contributed by atoms with Crippen LogP contribution in [0.2, 0.25) is 0 Å². The number of nitrogens with zero attached hydrogens (tertiary/aromatic N) is 2. The van der Waals surface area contributed by atoms with Crippen LogP contribution < -0.4 is 5.32 Å². The zero-order valence-electron chi connectivity index (χ0n) is 7.60. The molecular formula is C7H11N3O3S. The number of carbonyl (C=O) groups excluding carboxylic acids is 1. The van der Waals surface area contributed by atoms with Gasteiger partial charge < -0.3 is 15.5 Å². The fourth-order valence-corrected chi connectivity index (χ4v) is 1.14. The molecule has 6 nitrogen and oxygen atoms in total. The molecule has 0 aliphatic heterocycles. The van der Waals surface area contributed by atoms with Crippen molar-refractivity contribution in [1.29, 1.82) is 0 Å². The van der Waals surface area contributed by atoms with Crippen molar-refractivity contribution in [2.24, 2.45) is 0 Å². The van der Waals surface area contributed by atoms with Gasteiger partial charge in [0.05, 0.1) is 24.9 Å². The quantitative estimate of drug-likeness (QED) is 0.602. The van der Waals surface area contributed by atoms with Crippen molar-refractivity contribution in [2.75, 3.05) is 13.2 Å². The molecule has 1 heterocycles. The monoisotopic (exact) mass is 217 g/mol. The first-order valence-electron chi connectivity index (χ1n) is 3.93. The maximum atomic E-state index is 11.4. The van der Waals surface area contributed by atoms with E-state index in [9.17, 15) is 4.79 Å². The van der Waals surface area contributed by atoms with Crippen LogP contribution in [0.1, 0.15) is 16.6 Å². The zero-order chi connectivity index (χ0) is 10.6. The smallest absolute Gasteiger partial charge is 0.265 e. The van der Waals surface area contributed by atoms with Gasteiger partial charge in [-0.05, 0) is 18.5 Å². The van der Waals surface area contributed by atoms with Crippen LogP contribution >= 0.6 is 11.5 Å². The molecule has 1 aromatic rings. The molecule has 0 saturated carbocycles. The topological polar surface area (TPSA) is 95.3 Å². The van der Waals surface area contributed by atoms with Crippen molar-refractivity contribution in [1.82, 2.24) is 14.9 Å². The van der Waals surface area contributed by atoms with Crippen molar-refractivity contribution < 1.29 is 15.0 Å². The second kappa shape index (κ2) is 4.45. The summed E-state index contributed by atoms with van der Waals surface area (Å²) in [5, 5.41) is 23.9. The molecule has 1 rings (SSSR count). The van der Waals surface area contributed by atoms with Crippen LogP contribution in [0, 0.1) is 0 Å². The van der Waals surface area contributed by atoms with Crippen LogP contribution in [0.3, 0.4) is 0 Å². The number of carbonyl (C=O) groups is 1. The number of amides is 1. The molecule has 14 heavy (non-hydrogen) atoms. The molecule has 1 aromatic heterocycles. The van der Waals surface area contributed by atoms with Gasteiger partial charge in [-0.25, -0.2) is 0 Å². The van der Waals surface area contributed by atoms with Gasteiger partial charge in [-0.3, -0.25) is 4.79 Å². The maximum Gasteiger partial charge on any atom is 0.265 e. The van der Waals surface area contributed by atoms with E-state index in [1.165, 1.54) is 6.20 Å². The van der Waals surface area contributed by atoms with E-state index < -0.39 is 11.4 Å². The number of aliphatic hydroxyl groups is 2. The molecule has 78 valence electrons. The van der Waals surface area contributed by atoms with Gasteiger partial charge in [-0.2, -0.15) is 0 Å². The van der Waals surface area contributed by atoms with Crippen molar-refractivity contribution >= 4 is 17.4 Å². The highest BCUT2D eigenvalue weighted by Crippen LogP contribution is 2.06. The van der Waals surface area contributed by atoms with Crippen LogP contribution in [0.15, 0.2) is 6.20 Å². The molecule has 0 saturated heterocycles. The summed E-state index contributed by atoms with van der Waals surface area (Å²) < 4.78 is 3.53. The number of hydrogen-bond donors (Lipinski definition) is 3. The van der Waals surface area contributed by atoms with Crippen LogP contribution in [0.25, 0.3) is 0 Å². The number of nitrogens with one attached hydrogen (secondary N) is 1. The lowest BCUT2D eigenvalue weighted by Crippen LogP contribution is -2.51. The minimum Gasteiger partial charge on any atom is -0.394 e. The van der Waals surface area contributed by atoms with E-state index in [1.807, 2.05) is 0 Å². The van der Waals surface area contributed by atoms with Gasteiger partial charge >= 0.3 is 0 Å². The Balaban J connectivity index is 2.65. The summed E-state index contributed by atoms with van der Waals surface area (Å²) in [6.45, 7) is 0.877. The fourth-order valence-electron chi connectivity index (χ4n) is 0.732. The minimum absolute atomic E-state index is 0.332. The summed E-state index contributed by atoms with van der Waals surface area (Å²) in [6, 6.07) is 0. The first kappa shape index (κ1) is 11.0. The molecule has 3 N–H and O–H groups in total. The lowest BCUT2D eigenvalue weighted by molar-refractivity contribution is 0.0727. The third-order valence-electron chi connectivity index (χ3n) is 1.70. The third-order valence-corrected chi connectivity index (χ3v) is 2.36. The standard InChI is InChI=1S/C7H11N3O3S/c1-7(3-11,4-12)9-6(13)5-2-8-10-14-5/h2,11-12H,3-4H2,1H3,(H,9,13). The highest BCUT2D eigenvalue weighted by molar-refractivity contribution is 7.07. The predicted octanol–water partition coefficient (Wildman–Crippen LogP) is -0.989. The van der Waals surface area contributed by atoms with Gasteiger partial charge in [-0.15, -0.1) is 5.10 Å². The summed E-state index contributed by atoms with van der Waals surface area (Å²) >= 11 is 0.956. The summed E-state index contributed by atoms with van der Waals surface area (Å²) in [4.78, 5) is 11.8. The molecule has 0 aliphatic rings. The molecule has 0 aliphatic carbocycles. The number of hydrogen-bond acceptors (Lipinski definition) is 6. The molecule has 0 fully saturated rings. The van der Waals surface area contributed by atoms with Gasteiger partial charge in [0.2, 0.25) is 0 Å². The van der Waals surface area contributed by atoms with E-state index in [2.05, 4.69) is 14.9 Å². The second-order valence-corrected chi connectivity index (χ2v) is 3.90. The summed E-state index contributed by atoms with van der Waals surface area (Å²) in [6.07, 6.45) is 1.33. The number of rotatable bonds is 4. The molecule has 0 aromatic carbocycles. The van der Waals surface area contributed by atoms with Crippen molar-refractivity contribution in [3.8, 4) is 0 Å². The average Bonchev–Trinajstić information content (AvgIpc) is 2.70. The SMILES string of the molecule is CC(CO)(CO)NC(=O)c1cnns1. The Bertz CT molecular complexity index is 297. The Kier molecular flexibility index (Phi) is 3.50. The molecule has 0 atom stereocenters. The van der Waals surface area contributed by atoms with Gasteiger partial charge in [-0.1, -0.05) is 4.49 Å². The van der Waals surface area contributed by atoms with Gasteiger partial charge in [0.25, 0.3) is 5.91 Å². The molecule has 0 unspecified atom stereocenters. The molecule has 0 spiro atoms. The summed E-state index contributed by atoms with van der Waals surface area (Å²) in [5.74, 6) is -0.398. The lowest BCUT2D eigenvalue weighted by atomic mass is 10.1. The van der Waals surface area contributed by atoms with E-state index >= 15 is 0 Å². The second-order valence-electron chi connectivity index (χ2n) is 3.11. The van der Waals surface area contributed by atoms with Crippen molar-refractivity contribution in [2.45, 2.75) is 12.5 Å². The summed E-state index contributed by atoms with van der Waals surface area (Å²) in [5.41, 5.74) is -1.01. The van der Waals surface area contributed by atoms with Gasteiger partial charge in [0, 0.05) is 0 Å². The molecule has 7 heteroatoms.